The van der Waals surface area contributed by atoms with E-state index in [0.717, 1.165) is 25.8 Å². The lowest BCUT2D eigenvalue weighted by molar-refractivity contribution is -0.127. The largest absolute Gasteiger partial charge is 0.465 e. The Morgan fingerprint density at radius 3 is 2.70 bits per heavy atom. The molecule has 174 valence electrons. The van der Waals surface area contributed by atoms with Crippen LogP contribution in [0.4, 0.5) is 5.69 Å². The Bertz CT molecular complexity index is 1050. The first-order chi connectivity index (χ1) is 15.9. The van der Waals surface area contributed by atoms with E-state index >= 15 is 0 Å². The van der Waals surface area contributed by atoms with E-state index in [-0.39, 0.29) is 30.0 Å². The zero-order valence-corrected chi connectivity index (χ0v) is 19.5. The van der Waals surface area contributed by atoms with Crippen molar-refractivity contribution in [2.75, 3.05) is 26.0 Å². The maximum absolute atomic E-state index is 12.6. The molecule has 0 saturated carbocycles. The number of amides is 2. The summed E-state index contributed by atoms with van der Waals surface area (Å²) in [5, 5.41) is 6.23. The van der Waals surface area contributed by atoms with E-state index in [2.05, 4.69) is 15.5 Å². The highest BCUT2D eigenvalue weighted by Crippen LogP contribution is 2.19. The molecule has 0 aromatic heterocycles. The minimum atomic E-state index is -0.530. The second-order valence-corrected chi connectivity index (χ2v) is 8.37. The fraction of sp³-hybridized carbons (Fsp3) is 0.320. The number of hydrogen-bond acceptors (Lipinski definition) is 5. The predicted molar refractivity (Wildman–Crippen MR) is 129 cm³/mol. The maximum Gasteiger partial charge on any atom is 0.337 e. The third kappa shape index (κ3) is 6.91. The molecule has 8 heteroatoms. The summed E-state index contributed by atoms with van der Waals surface area (Å²) in [5.41, 5.74) is 2.10. The van der Waals surface area contributed by atoms with Crippen molar-refractivity contribution in [1.82, 2.24) is 10.2 Å². The molecule has 3 rings (SSSR count). The number of nitrogens with one attached hydrogen (secondary N) is 2. The maximum atomic E-state index is 12.6. The second kappa shape index (κ2) is 11.6. The van der Waals surface area contributed by atoms with Crippen LogP contribution >= 0.6 is 11.6 Å². The van der Waals surface area contributed by atoms with Crippen molar-refractivity contribution in [3.8, 4) is 0 Å². The smallest absolute Gasteiger partial charge is 0.337 e. The fourth-order valence-corrected chi connectivity index (χ4v) is 3.97. The Hall–Kier alpha value is -3.16. The fourth-order valence-electron chi connectivity index (χ4n) is 3.77. The van der Waals surface area contributed by atoms with Gasteiger partial charge in [0, 0.05) is 23.3 Å². The number of benzene rings is 2. The highest BCUT2D eigenvalue weighted by Gasteiger charge is 2.25. The summed E-state index contributed by atoms with van der Waals surface area (Å²) in [7, 11) is 3.24. The molecule has 2 N–H and O–H groups in total. The van der Waals surface area contributed by atoms with Crippen LogP contribution in [0.2, 0.25) is 5.02 Å². The van der Waals surface area contributed by atoms with E-state index in [4.69, 9.17) is 16.3 Å². The molecule has 33 heavy (non-hydrogen) atoms. The van der Waals surface area contributed by atoms with Crippen molar-refractivity contribution in [1.29, 1.82) is 0 Å². The Kier molecular flexibility index (Phi) is 8.63. The lowest BCUT2D eigenvalue weighted by atomic mass is 10.0. The van der Waals surface area contributed by atoms with Gasteiger partial charge >= 0.3 is 5.97 Å². The molecule has 0 bridgehead atoms. The number of methoxy groups -OCH3 is 1. The molecule has 1 heterocycles. The van der Waals surface area contributed by atoms with Crippen LogP contribution in [0.1, 0.15) is 40.7 Å². The Labute approximate surface area is 198 Å². The molecule has 7 nitrogen and oxygen atoms in total. The van der Waals surface area contributed by atoms with Gasteiger partial charge in [-0.05, 0) is 67.9 Å². The quantitative estimate of drug-likeness (QED) is 0.474. The Balaban J connectivity index is 1.71. The van der Waals surface area contributed by atoms with Gasteiger partial charge in [-0.2, -0.15) is 0 Å². The van der Waals surface area contributed by atoms with Crippen LogP contribution in [0.15, 0.2) is 48.5 Å². The van der Waals surface area contributed by atoms with Crippen LogP contribution in [0, 0.1) is 0 Å². The number of carbonyl (C=O) groups is 3. The summed E-state index contributed by atoms with van der Waals surface area (Å²) in [6.07, 6.45) is 5.92. The monoisotopic (exact) mass is 469 g/mol. The summed E-state index contributed by atoms with van der Waals surface area (Å²) in [6, 6.07) is 11.9. The van der Waals surface area contributed by atoms with Gasteiger partial charge in [0.25, 0.3) is 0 Å². The molecular formula is C25H28ClN3O4. The van der Waals surface area contributed by atoms with Crippen LogP contribution in [0.3, 0.4) is 0 Å². The number of ether oxygens (including phenoxy) is 1. The van der Waals surface area contributed by atoms with E-state index in [0.29, 0.717) is 21.8 Å². The molecule has 1 fully saturated rings. The third-order valence-electron chi connectivity index (χ3n) is 5.54. The Morgan fingerprint density at radius 1 is 1.18 bits per heavy atom. The number of halogens is 1. The number of rotatable bonds is 7. The van der Waals surface area contributed by atoms with Gasteiger partial charge in [-0.3, -0.25) is 14.5 Å². The van der Waals surface area contributed by atoms with Crippen molar-refractivity contribution in [2.24, 2.45) is 0 Å². The third-order valence-corrected chi connectivity index (χ3v) is 5.88. The molecule has 2 aromatic carbocycles. The van der Waals surface area contributed by atoms with E-state index in [1.54, 1.807) is 30.3 Å². The van der Waals surface area contributed by atoms with E-state index in [1.807, 2.05) is 19.2 Å². The van der Waals surface area contributed by atoms with Gasteiger partial charge in [-0.25, -0.2) is 4.79 Å². The van der Waals surface area contributed by atoms with Gasteiger partial charge in [-0.1, -0.05) is 36.2 Å². The number of likely N-dealkylation sites (N-methyl/N-ethyl adjacent to an activating group) is 1. The van der Waals surface area contributed by atoms with Crippen molar-refractivity contribution >= 4 is 41.1 Å². The molecular weight excluding hydrogens is 442 g/mol. The van der Waals surface area contributed by atoms with Crippen LogP contribution in [0.25, 0.3) is 6.08 Å². The van der Waals surface area contributed by atoms with Crippen LogP contribution in [-0.4, -0.2) is 49.4 Å². The van der Waals surface area contributed by atoms with Crippen LogP contribution in [0.5, 0.6) is 0 Å². The van der Waals surface area contributed by atoms with Crippen LogP contribution in [-0.2, 0) is 20.9 Å². The topological polar surface area (TPSA) is 87.7 Å². The van der Waals surface area contributed by atoms with Gasteiger partial charge in [-0.15, -0.1) is 0 Å². The summed E-state index contributed by atoms with van der Waals surface area (Å²) in [5.74, 6) is -0.956. The number of piperidine rings is 1. The molecule has 0 unspecified atom stereocenters. The molecule has 2 amide bonds. The number of carbonyl (C=O) groups excluding carboxylic acids is 3. The minimum Gasteiger partial charge on any atom is -0.465 e. The second-order valence-electron chi connectivity index (χ2n) is 7.96. The van der Waals surface area contributed by atoms with Gasteiger partial charge in [0.2, 0.25) is 11.8 Å². The summed E-state index contributed by atoms with van der Waals surface area (Å²) < 4.78 is 4.83. The molecule has 0 radical (unpaired) electrons. The van der Waals surface area contributed by atoms with Crippen molar-refractivity contribution in [2.45, 2.75) is 31.8 Å². The first kappa shape index (κ1) is 24.5. The molecule has 1 aliphatic rings. The molecule has 2 aromatic rings. The zero-order valence-electron chi connectivity index (χ0n) is 18.8. The number of nitrogens with zero attached hydrogens (tertiary/aromatic N) is 1. The van der Waals surface area contributed by atoms with E-state index in [9.17, 15) is 14.4 Å². The lowest BCUT2D eigenvalue weighted by Crippen LogP contribution is -2.47. The van der Waals surface area contributed by atoms with Crippen molar-refractivity contribution in [3.05, 3.63) is 70.3 Å². The van der Waals surface area contributed by atoms with Crippen molar-refractivity contribution in [3.63, 3.8) is 0 Å². The average Bonchev–Trinajstić information content (AvgIpc) is 2.81. The number of anilines is 1. The normalized spacial score (nSPS) is 16.4. The lowest BCUT2D eigenvalue weighted by Gasteiger charge is -2.31. The van der Waals surface area contributed by atoms with E-state index in [1.165, 1.54) is 19.3 Å². The predicted octanol–water partition coefficient (Wildman–Crippen LogP) is 3.88. The molecule has 1 atom stereocenters. The highest BCUT2D eigenvalue weighted by atomic mass is 35.5. The highest BCUT2D eigenvalue weighted by molar-refractivity contribution is 6.32. The Morgan fingerprint density at radius 2 is 1.97 bits per heavy atom. The van der Waals surface area contributed by atoms with Gasteiger partial charge in [0.1, 0.15) is 0 Å². The number of esters is 1. The average molecular weight is 470 g/mol. The van der Waals surface area contributed by atoms with Crippen molar-refractivity contribution < 1.29 is 19.1 Å². The molecule has 0 spiro atoms. The molecule has 1 aliphatic heterocycles. The van der Waals surface area contributed by atoms with E-state index < -0.39 is 5.97 Å². The van der Waals surface area contributed by atoms with Gasteiger partial charge in [0.05, 0.1) is 18.7 Å². The zero-order chi connectivity index (χ0) is 23.8. The standard InChI is InChI=1S/C25H28ClN3O4/c1-29-12-6-5-9-22(29)24(31)27-16-17-13-19(25(32)33-2)15-20(14-17)28-23(30)11-10-18-7-3-4-8-21(18)26/h3-4,7-8,10-11,13-15,22H,5-6,9,12,16H2,1-2H3,(H,27,31)(H,28,30)/b11-10+/t22-/m0/s1. The van der Waals surface area contributed by atoms with Gasteiger partial charge in [0.15, 0.2) is 0 Å². The number of hydrogen-bond donors (Lipinski definition) is 2. The summed E-state index contributed by atoms with van der Waals surface area (Å²) in [4.78, 5) is 39.2. The first-order valence-corrected chi connectivity index (χ1v) is 11.2. The SMILES string of the molecule is COC(=O)c1cc(CNC(=O)[C@@H]2CCCCN2C)cc(NC(=O)/C=C/c2ccccc2Cl)c1. The van der Waals surface area contributed by atoms with Crippen LogP contribution < -0.4 is 10.6 Å². The number of likely N-dealkylation sites (tertiary alicyclic amines) is 1. The summed E-state index contributed by atoms with van der Waals surface area (Å²) in [6.45, 7) is 1.13. The molecule has 1 saturated heterocycles. The molecule has 0 aliphatic carbocycles. The first-order valence-electron chi connectivity index (χ1n) is 10.8. The van der Waals surface area contributed by atoms with Gasteiger partial charge < -0.3 is 15.4 Å². The minimum absolute atomic E-state index is 0.0473. The summed E-state index contributed by atoms with van der Waals surface area (Å²) >= 11 is 6.11.